The molecule has 0 spiro atoms. The number of halogens is 4. The molecule has 5 rings (SSSR count). The number of hydrogen-bond donors (Lipinski definition) is 3. The van der Waals surface area contributed by atoms with Gasteiger partial charge in [-0.05, 0) is 24.6 Å². The van der Waals surface area contributed by atoms with Crippen molar-refractivity contribution in [2.24, 2.45) is 0 Å². The molecule has 0 fully saturated rings. The fourth-order valence-corrected chi connectivity index (χ4v) is 4.02. The molecule has 9 nitrogen and oxygen atoms in total. The molecule has 13 heteroatoms. The van der Waals surface area contributed by atoms with Crippen molar-refractivity contribution in [3.8, 4) is 11.4 Å². The summed E-state index contributed by atoms with van der Waals surface area (Å²) in [4.78, 5) is 38.6. The number of fused-ring (bicyclic) bond motifs is 5. The first-order chi connectivity index (χ1) is 16.3. The lowest BCUT2D eigenvalue weighted by atomic mass is 9.86. The van der Waals surface area contributed by atoms with Crippen molar-refractivity contribution in [3.05, 3.63) is 57.1 Å². The predicted molar refractivity (Wildman–Crippen MR) is 113 cm³/mol. The molecule has 184 valence electrons. The molecule has 35 heavy (non-hydrogen) atoms. The quantitative estimate of drug-likeness (QED) is 0.208. The Bertz CT molecular complexity index is 1470. The van der Waals surface area contributed by atoms with Gasteiger partial charge in [-0.1, -0.05) is 6.92 Å². The van der Waals surface area contributed by atoms with Crippen molar-refractivity contribution >= 4 is 28.5 Å². The number of aliphatic hydroxyl groups is 1. The van der Waals surface area contributed by atoms with Gasteiger partial charge in [0.05, 0.1) is 34.7 Å². The third kappa shape index (κ3) is 3.87. The molecule has 0 unspecified atom stereocenters. The third-order valence-corrected chi connectivity index (χ3v) is 5.87. The monoisotopic (exact) mass is 495 g/mol. The van der Waals surface area contributed by atoms with Crippen LogP contribution in [0.5, 0.6) is 0 Å². The van der Waals surface area contributed by atoms with Crippen molar-refractivity contribution < 1.29 is 42.1 Å². The zero-order valence-corrected chi connectivity index (χ0v) is 17.9. The van der Waals surface area contributed by atoms with E-state index in [1.165, 1.54) is 16.7 Å². The highest BCUT2D eigenvalue weighted by molar-refractivity contribution is 5.87. The molecule has 0 saturated heterocycles. The molecule has 0 aliphatic carbocycles. The van der Waals surface area contributed by atoms with Crippen LogP contribution >= 0.6 is 0 Å². The molecule has 0 amide bonds. The molecule has 0 bridgehead atoms. The lowest BCUT2D eigenvalue weighted by molar-refractivity contribution is -0.192. The molecule has 4 heterocycles. The van der Waals surface area contributed by atoms with E-state index in [4.69, 9.17) is 20.4 Å². The van der Waals surface area contributed by atoms with Gasteiger partial charge < -0.3 is 25.3 Å². The molecule has 0 saturated carbocycles. The summed E-state index contributed by atoms with van der Waals surface area (Å²) in [7, 11) is 0. The van der Waals surface area contributed by atoms with Crippen molar-refractivity contribution in [1.29, 1.82) is 0 Å². The van der Waals surface area contributed by atoms with Crippen LogP contribution in [-0.2, 0) is 33.1 Å². The Labute approximate surface area is 193 Å². The van der Waals surface area contributed by atoms with Gasteiger partial charge in [0.1, 0.15) is 12.4 Å². The van der Waals surface area contributed by atoms with E-state index in [0.29, 0.717) is 22.3 Å². The van der Waals surface area contributed by atoms with E-state index in [9.17, 15) is 32.3 Å². The number of alkyl halides is 3. The third-order valence-electron chi connectivity index (χ3n) is 5.87. The van der Waals surface area contributed by atoms with Crippen LogP contribution in [0.4, 0.5) is 23.2 Å². The summed E-state index contributed by atoms with van der Waals surface area (Å²) < 4.78 is 52.2. The zero-order chi connectivity index (χ0) is 25.9. The minimum Gasteiger partial charge on any atom is -0.475 e. The first kappa shape index (κ1) is 24.1. The number of benzene rings is 1. The van der Waals surface area contributed by atoms with Gasteiger partial charge in [-0.25, -0.2) is 19.0 Å². The van der Waals surface area contributed by atoms with Crippen LogP contribution in [0.15, 0.2) is 29.1 Å². The number of cyclic esters (lactones) is 1. The summed E-state index contributed by atoms with van der Waals surface area (Å²) in [5.41, 5.74) is 6.19. The number of nitrogens with two attached hydrogens (primary N) is 1. The second kappa shape index (κ2) is 8.05. The van der Waals surface area contributed by atoms with Gasteiger partial charge in [-0.15, -0.1) is 0 Å². The number of anilines is 1. The van der Waals surface area contributed by atoms with E-state index in [2.05, 4.69) is 4.98 Å². The standard InChI is InChI=1S/C20H16FN3O4.C2HF3O2/c1-2-20(27)12-5-16-17-10(3-9-4-14(22)13(21)6-15(9)23-17)7-24(16)18(25)11(12)8-28-19(20)26;3-2(4,5)1(6)7/h3-6,27H,2,7-8,22H2,1H3;(H,6,7)/t20-;/m0./s1. The number of carboxylic acids is 1. The largest absolute Gasteiger partial charge is 0.490 e. The molecule has 2 aliphatic heterocycles. The Morgan fingerprint density at radius 3 is 2.51 bits per heavy atom. The van der Waals surface area contributed by atoms with Crippen LogP contribution in [0.2, 0.25) is 0 Å². The lowest BCUT2D eigenvalue weighted by Gasteiger charge is -2.31. The Hall–Kier alpha value is -4.00. The minimum atomic E-state index is -5.08. The van der Waals surface area contributed by atoms with Gasteiger partial charge in [-0.2, -0.15) is 13.2 Å². The number of nitrogens with zero attached hydrogens (tertiary/aromatic N) is 2. The van der Waals surface area contributed by atoms with Crippen LogP contribution in [0.25, 0.3) is 22.3 Å². The van der Waals surface area contributed by atoms with E-state index in [1.807, 2.05) is 6.07 Å². The second-order valence-electron chi connectivity index (χ2n) is 7.97. The lowest BCUT2D eigenvalue weighted by Crippen LogP contribution is -2.44. The summed E-state index contributed by atoms with van der Waals surface area (Å²) in [6.07, 6.45) is -5.01. The molecule has 4 N–H and O–H groups in total. The summed E-state index contributed by atoms with van der Waals surface area (Å²) in [6, 6.07) is 6.21. The van der Waals surface area contributed by atoms with E-state index in [-0.39, 0.29) is 41.9 Å². The van der Waals surface area contributed by atoms with Crippen molar-refractivity contribution in [2.75, 3.05) is 5.73 Å². The number of carbonyl (C=O) groups is 2. The van der Waals surface area contributed by atoms with Gasteiger partial charge in [0.15, 0.2) is 5.60 Å². The normalized spacial score (nSPS) is 18.2. The number of aromatic nitrogens is 2. The topological polar surface area (TPSA) is 145 Å². The van der Waals surface area contributed by atoms with E-state index < -0.39 is 29.5 Å². The van der Waals surface area contributed by atoms with E-state index in [1.54, 1.807) is 13.0 Å². The highest BCUT2D eigenvalue weighted by atomic mass is 19.4. The molecule has 1 aromatic carbocycles. The Kier molecular flexibility index (Phi) is 5.55. The fourth-order valence-electron chi connectivity index (χ4n) is 4.02. The molecular formula is C22H17F4N3O6. The van der Waals surface area contributed by atoms with Gasteiger partial charge >= 0.3 is 18.1 Å². The SMILES string of the molecule is CC[C@@]1(O)C(=O)OCc2c1cc1n(c2=O)Cc2cc3cc(N)c(F)cc3nc2-1.O=C(O)C(F)(F)F. The van der Waals surface area contributed by atoms with Crippen LogP contribution in [0.3, 0.4) is 0 Å². The second-order valence-corrected chi connectivity index (χ2v) is 7.97. The summed E-state index contributed by atoms with van der Waals surface area (Å²) >= 11 is 0. The van der Waals surface area contributed by atoms with Gasteiger partial charge in [0.2, 0.25) is 0 Å². The number of aliphatic carboxylic acids is 1. The number of pyridine rings is 2. The first-order valence-electron chi connectivity index (χ1n) is 10.1. The summed E-state index contributed by atoms with van der Waals surface area (Å²) in [5, 5.41) is 18.6. The zero-order valence-electron chi connectivity index (χ0n) is 17.9. The van der Waals surface area contributed by atoms with Crippen LogP contribution in [0.1, 0.15) is 30.0 Å². The molecular weight excluding hydrogens is 478 g/mol. The summed E-state index contributed by atoms with van der Waals surface area (Å²) in [5.74, 6) is -4.09. The number of nitrogen functional groups attached to an aromatic ring is 1. The molecule has 3 aromatic rings. The average molecular weight is 495 g/mol. The highest BCUT2D eigenvalue weighted by Gasteiger charge is 2.45. The number of carboxylic acid groups (broad SMARTS) is 1. The number of hydrogen-bond acceptors (Lipinski definition) is 7. The smallest absolute Gasteiger partial charge is 0.475 e. The molecule has 1 atom stereocenters. The molecule has 2 aliphatic rings. The van der Waals surface area contributed by atoms with Crippen molar-refractivity contribution in [1.82, 2.24) is 9.55 Å². The number of esters is 1. The van der Waals surface area contributed by atoms with Gasteiger partial charge in [-0.3, -0.25) is 4.79 Å². The van der Waals surface area contributed by atoms with Crippen LogP contribution in [-0.4, -0.2) is 37.9 Å². The van der Waals surface area contributed by atoms with Crippen molar-refractivity contribution in [3.63, 3.8) is 0 Å². The van der Waals surface area contributed by atoms with E-state index >= 15 is 0 Å². The predicted octanol–water partition coefficient (Wildman–Crippen LogP) is 2.43. The Morgan fingerprint density at radius 1 is 1.26 bits per heavy atom. The maximum Gasteiger partial charge on any atom is 0.490 e. The first-order valence-corrected chi connectivity index (χ1v) is 10.1. The summed E-state index contributed by atoms with van der Waals surface area (Å²) in [6.45, 7) is 1.76. The number of ether oxygens (including phenoxy) is 1. The highest BCUT2D eigenvalue weighted by Crippen LogP contribution is 2.38. The molecule has 0 radical (unpaired) electrons. The fraction of sp³-hybridized carbons (Fsp3) is 0.273. The number of carbonyl (C=O) groups excluding carboxylic acids is 1. The average Bonchev–Trinajstić information content (AvgIpc) is 3.14. The van der Waals surface area contributed by atoms with E-state index in [0.717, 1.165) is 5.56 Å². The number of rotatable bonds is 1. The molecule has 2 aromatic heterocycles. The Morgan fingerprint density at radius 2 is 1.91 bits per heavy atom. The maximum atomic E-state index is 13.9. The van der Waals surface area contributed by atoms with Gasteiger partial charge in [0, 0.05) is 22.6 Å². The minimum absolute atomic E-state index is 0.0288. The van der Waals surface area contributed by atoms with Crippen molar-refractivity contribution in [2.45, 2.75) is 38.3 Å². The van der Waals surface area contributed by atoms with Crippen LogP contribution in [0, 0.1) is 5.82 Å². The van der Waals surface area contributed by atoms with Gasteiger partial charge in [0.25, 0.3) is 5.56 Å². The maximum absolute atomic E-state index is 13.9. The Balaban J connectivity index is 0.000000364. The van der Waals surface area contributed by atoms with Crippen LogP contribution < -0.4 is 11.3 Å².